The predicted molar refractivity (Wildman–Crippen MR) is 199 cm³/mol. The molecule has 316 valence electrons. The molecule has 1 fully saturated rings. The summed E-state index contributed by atoms with van der Waals surface area (Å²) in [5, 5.41) is 0. The van der Waals surface area contributed by atoms with E-state index in [9.17, 15) is 21.6 Å². The lowest BCUT2D eigenvalue weighted by molar-refractivity contribution is -0.145. The van der Waals surface area contributed by atoms with E-state index in [2.05, 4.69) is 4.84 Å². The largest absolute Gasteiger partial charge is 0.463 e. The fourth-order valence-electron chi connectivity index (χ4n) is 4.57. The van der Waals surface area contributed by atoms with Crippen molar-refractivity contribution in [2.24, 2.45) is 0 Å². The van der Waals surface area contributed by atoms with Crippen molar-refractivity contribution in [3.63, 3.8) is 0 Å². The molecule has 0 aromatic heterocycles. The van der Waals surface area contributed by atoms with Crippen LogP contribution in [-0.4, -0.2) is 186 Å². The third-order valence-corrected chi connectivity index (χ3v) is 12.4. The van der Waals surface area contributed by atoms with Gasteiger partial charge < -0.3 is 47.4 Å². The minimum atomic E-state index is -3.83. The lowest BCUT2D eigenvalue weighted by Crippen LogP contribution is -2.45. The molecule has 0 bridgehead atoms. The number of carbonyl (C=O) groups is 1. The first kappa shape index (κ1) is 50.8. The Balaban J connectivity index is 2.36. The van der Waals surface area contributed by atoms with E-state index in [1.807, 2.05) is 0 Å². The number of rotatable bonds is 23. The van der Waals surface area contributed by atoms with Crippen molar-refractivity contribution < 1.29 is 69.0 Å². The molecule has 0 aromatic carbocycles. The highest BCUT2D eigenvalue weighted by Gasteiger charge is 2.37. The summed E-state index contributed by atoms with van der Waals surface area (Å²) >= 11 is 17.7. The van der Waals surface area contributed by atoms with Crippen LogP contribution in [0.4, 0.5) is 0 Å². The first-order chi connectivity index (χ1) is 25.1. The van der Waals surface area contributed by atoms with E-state index >= 15 is 0 Å². The van der Waals surface area contributed by atoms with Crippen molar-refractivity contribution in [1.29, 1.82) is 0 Å². The molecule has 2 atom stereocenters. The highest BCUT2D eigenvalue weighted by molar-refractivity contribution is 7.91. The number of nitrogens with one attached hydrogen (secondary N) is 1. The highest BCUT2D eigenvalue weighted by atomic mass is 35.5. The van der Waals surface area contributed by atoms with E-state index in [4.69, 9.17) is 82.7 Å². The number of carbonyl (C=O) groups excluding carboxylic acids is 1. The predicted octanol–water partition coefficient (Wildman–Crippen LogP) is 1.56. The van der Waals surface area contributed by atoms with Crippen LogP contribution in [0.1, 0.15) is 33.6 Å². The zero-order valence-corrected chi connectivity index (χ0v) is 35.0. The fourth-order valence-corrected chi connectivity index (χ4v) is 8.93. The number of ether oxygens (including phenoxy) is 10. The van der Waals surface area contributed by atoms with Gasteiger partial charge in [-0.05, 0) is 62.5 Å². The molecular weight excluding hydrogens is 811 g/mol. The van der Waals surface area contributed by atoms with Gasteiger partial charge in [-0.15, -0.1) is 3.94 Å². The van der Waals surface area contributed by atoms with Gasteiger partial charge in [-0.25, -0.2) is 21.7 Å². The van der Waals surface area contributed by atoms with Crippen LogP contribution in [0.3, 0.4) is 0 Å². The van der Waals surface area contributed by atoms with Gasteiger partial charge in [0.1, 0.15) is 6.61 Å². The molecule has 1 heterocycles. The molecule has 1 aliphatic heterocycles. The normalized spacial score (nSPS) is 19.6. The maximum absolute atomic E-state index is 13.3. The van der Waals surface area contributed by atoms with E-state index in [-0.39, 0.29) is 103 Å². The number of esters is 1. The molecule has 1 rings (SSSR count). The number of halogens is 3. The summed E-state index contributed by atoms with van der Waals surface area (Å²) in [7, 11) is -7.16. The second kappa shape index (κ2) is 29.1. The third kappa shape index (κ3) is 27.9. The highest BCUT2D eigenvalue weighted by Crippen LogP contribution is 2.28. The van der Waals surface area contributed by atoms with Gasteiger partial charge in [0, 0.05) is 12.0 Å². The Morgan fingerprint density at radius 3 is 1.68 bits per heavy atom. The van der Waals surface area contributed by atoms with Gasteiger partial charge in [-0.1, -0.05) is 0 Å². The topological polar surface area (TPSA) is 193 Å². The van der Waals surface area contributed by atoms with Crippen LogP contribution in [0.5, 0.6) is 0 Å². The summed E-state index contributed by atoms with van der Waals surface area (Å²) in [6.45, 7) is 9.31. The Kier molecular flexibility index (Phi) is 27.9. The molecule has 0 radical (unpaired) electrons. The van der Waals surface area contributed by atoms with E-state index in [0.29, 0.717) is 46.2 Å². The van der Waals surface area contributed by atoms with Crippen LogP contribution in [0, 0.1) is 0 Å². The van der Waals surface area contributed by atoms with Crippen LogP contribution in [0.15, 0.2) is 0 Å². The van der Waals surface area contributed by atoms with Crippen molar-refractivity contribution in [1.82, 2.24) is 8.77 Å². The van der Waals surface area contributed by atoms with Crippen LogP contribution in [0.25, 0.3) is 0 Å². The van der Waals surface area contributed by atoms with Gasteiger partial charge in [0.25, 0.3) is 0 Å². The molecule has 17 nitrogen and oxygen atoms in total. The first-order valence-electron chi connectivity index (χ1n) is 17.4. The summed E-state index contributed by atoms with van der Waals surface area (Å²) in [6.07, 6.45) is -0.964. The molecule has 1 N–H and O–H groups in total. The standard InChI is InChI=1S/C31H59Cl3N2O15S2/c1-30(2,35-32)26-52(38,39)23-22-48-15-14-44-11-13-47-19-21-51-29(37)4-5-31(3,36(33)34)27-53(40,41)25-28-24-49-17-16-45-9-8-42-6-7-43-10-12-46-18-20-50-28/h28,35H,4-27H2,1-3H3. The number of sulfone groups is 2. The van der Waals surface area contributed by atoms with E-state index in [1.54, 1.807) is 13.8 Å². The van der Waals surface area contributed by atoms with Gasteiger partial charge in [-0.3, -0.25) is 4.79 Å². The zero-order valence-electron chi connectivity index (χ0n) is 31.1. The van der Waals surface area contributed by atoms with Gasteiger partial charge in [-0.2, -0.15) is 0 Å². The van der Waals surface area contributed by atoms with Gasteiger partial charge in [0.15, 0.2) is 19.7 Å². The van der Waals surface area contributed by atoms with Gasteiger partial charge in [0.05, 0.1) is 147 Å². The summed E-state index contributed by atoms with van der Waals surface area (Å²) in [5.74, 6) is -1.66. The van der Waals surface area contributed by atoms with Crippen molar-refractivity contribution >= 4 is 61.0 Å². The molecule has 22 heteroatoms. The smallest absolute Gasteiger partial charge is 0.305 e. The molecule has 0 saturated carbocycles. The van der Waals surface area contributed by atoms with Gasteiger partial charge >= 0.3 is 5.97 Å². The second-order valence-corrected chi connectivity index (χ2v) is 18.3. The summed E-state index contributed by atoms with van der Waals surface area (Å²) in [6, 6.07) is 0. The number of nitrogens with zero attached hydrogens (tertiary/aromatic N) is 1. The lowest BCUT2D eigenvalue weighted by atomic mass is 10.00. The van der Waals surface area contributed by atoms with E-state index in [0.717, 1.165) is 3.94 Å². The molecule has 0 aromatic rings. The van der Waals surface area contributed by atoms with Crippen molar-refractivity contribution in [2.45, 2.75) is 50.8 Å². The van der Waals surface area contributed by atoms with Crippen molar-refractivity contribution in [3.8, 4) is 0 Å². The molecule has 2 unspecified atom stereocenters. The maximum Gasteiger partial charge on any atom is 0.305 e. The minimum Gasteiger partial charge on any atom is -0.463 e. The SMILES string of the molecule is CC(C)(CS(=O)(=O)CCOCCOCCOCCOC(=O)CCC(C)(CS(=O)(=O)CC1COCCOCCOCCOCCOCCO1)N(Cl)Cl)NCl. The minimum absolute atomic E-state index is 0.000883. The van der Waals surface area contributed by atoms with E-state index in [1.165, 1.54) is 6.92 Å². The molecule has 53 heavy (non-hydrogen) atoms. The molecule has 0 spiro atoms. The Labute approximate surface area is 330 Å². The number of hydrogen-bond donors (Lipinski definition) is 1. The molecule has 0 amide bonds. The molecule has 1 saturated heterocycles. The third-order valence-electron chi connectivity index (χ3n) is 7.23. The second-order valence-electron chi connectivity index (χ2n) is 12.9. The average Bonchev–Trinajstić information content (AvgIpc) is 3.07. The van der Waals surface area contributed by atoms with Crippen LogP contribution < -0.4 is 4.84 Å². The van der Waals surface area contributed by atoms with Crippen molar-refractivity contribution in [3.05, 3.63) is 0 Å². The lowest BCUT2D eigenvalue weighted by Gasteiger charge is -2.32. The Bertz CT molecular complexity index is 1160. The molecule has 1 aliphatic rings. The first-order valence-corrected chi connectivity index (χ1v) is 22.1. The molecular formula is C31H59Cl3N2O15S2. The average molecular weight is 870 g/mol. The zero-order chi connectivity index (χ0) is 39.5. The van der Waals surface area contributed by atoms with Crippen LogP contribution >= 0.6 is 35.3 Å². The summed E-state index contributed by atoms with van der Waals surface area (Å²) in [4.78, 5) is 14.9. The van der Waals surface area contributed by atoms with Crippen LogP contribution in [0.2, 0.25) is 0 Å². The number of hydrogen-bond acceptors (Lipinski definition) is 17. The Hall–Kier alpha value is -0.200. The molecule has 0 aliphatic carbocycles. The van der Waals surface area contributed by atoms with Gasteiger partial charge in [0.2, 0.25) is 0 Å². The summed E-state index contributed by atoms with van der Waals surface area (Å²) < 4.78 is 106. The monoisotopic (exact) mass is 868 g/mol. The van der Waals surface area contributed by atoms with Crippen molar-refractivity contribution in [2.75, 3.05) is 142 Å². The Morgan fingerprint density at radius 1 is 0.698 bits per heavy atom. The van der Waals surface area contributed by atoms with Crippen LogP contribution in [-0.2, 0) is 71.8 Å². The quantitative estimate of drug-likeness (QED) is 0.0883. The maximum atomic E-state index is 13.3. The summed E-state index contributed by atoms with van der Waals surface area (Å²) in [5.41, 5.74) is -2.06. The fraction of sp³-hybridized carbons (Fsp3) is 0.968. The van der Waals surface area contributed by atoms with E-state index < -0.39 is 48.6 Å². The Morgan fingerprint density at radius 2 is 1.17 bits per heavy atom.